The third-order valence-electron chi connectivity index (χ3n) is 4.22. The van der Waals surface area contributed by atoms with Crippen molar-refractivity contribution in [1.29, 1.82) is 0 Å². The topological polar surface area (TPSA) is 24.9 Å². The van der Waals surface area contributed by atoms with Gasteiger partial charge in [0.05, 0.1) is 5.01 Å². The zero-order chi connectivity index (χ0) is 11.0. The number of hydrogen-bond donors (Lipinski definition) is 1. The minimum Gasteiger partial charge on any atom is -0.316 e. The Morgan fingerprint density at radius 2 is 2.31 bits per heavy atom. The highest BCUT2D eigenvalue weighted by Gasteiger charge is 2.35. The molecule has 0 amide bonds. The smallest absolute Gasteiger partial charge is 0.0971 e. The lowest BCUT2D eigenvalue weighted by molar-refractivity contribution is 0.277. The van der Waals surface area contributed by atoms with Crippen molar-refractivity contribution in [1.82, 2.24) is 10.3 Å². The first-order valence-corrected chi connectivity index (χ1v) is 7.26. The molecule has 0 spiro atoms. The molecule has 0 aromatic carbocycles. The number of thiazole rings is 1. The van der Waals surface area contributed by atoms with Crippen LogP contribution in [0.25, 0.3) is 0 Å². The first-order valence-electron chi connectivity index (χ1n) is 6.45. The van der Waals surface area contributed by atoms with Crippen molar-refractivity contribution < 1.29 is 0 Å². The van der Waals surface area contributed by atoms with Crippen LogP contribution >= 0.6 is 11.3 Å². The quantitative estimate of drug-likeness (QED) is 0.853. The van der Waals surface area contributed by atoms with Crippen LogP contribution in [0.4, 0.5) is 0 Å². The molecule has 1 aliphatic heterocycles. The van der Waals surface area contributed by atoms with Gasteiger partial charge in [0.25, 0.3) is 0 Å². The Kier molecular flexibility index (Phi) is 2.76. The van der Waals surface area contributed by atoms with Crippen LogP contribution in [0.2, 0.25) is 0 Å². The Balaban J connectivity index is 1.76. The first kappa shape index (κ1) is 10.7. The SMILES string of the molecule is CC1(c2cnc(C3CCCNC3)s2)CCC1. The molecule has 88 valence electrons. The summed E-state index contributed by atoms with van der Waals surface area (Å²) in [6.45, 7) is 4.71. The van der Waals surface area contributed by atoms with E-state index >= 15 is 0 Å². The van der Waals surface area contributed by atoms with Crippen molar-refractivity contribution in [2.75, 3.05) is 13.1 Å². The Morgan fingerprint density at radius 1 is 1.44 bits per heavy atom. The number of rotatable bonds is 2. The second kappa shape index (κ2) is 4.11. The fourth-order valence-electron chi connectivity index (χ4n) is 2.77. The van der Waals surface area contributed by atoms with Gasteiger partial charge in [0.15, 0.2) is 0 Å². The van der Waals surface area contributed by atoms with Gasteiger partial charge in [-0.25, -0.2) is 4.98 Å². The molecule has 0 radical (unpaired) electrons. The Hall–Kier alpha value is -0.410. The summed E-state index contributed by atoms with van der Waals surface area (Å²) < 4.78 is 0. The van der Waals surface area contributed by atoms with Crippen LogP contribution in [0.3, 0.4) is 0 Å². The molecule has 1 aromatic rings. The van der Waals surface area contributed by atoms with Crippen molar-refractivity contribution in [2.45, 2.75) is 50.4 Å². The summed E-state index contributed by atoms with van der Waals surface area (Å²) in [5, 5.41) is 4.85. The molecule has 0 bridgehead atoms. The molecule has 2 fully saturated rings. The summed E-state index contributed by atoms with van der Waals surface area (Å²) in [5.41, 5.74) is 0.470. The highest BCUT2D eigenvalue weighted by molar-refractivity contribution is 7.11. The summed E-state index contributed by atoms with van der Waals surface area (Å²) in [7, 11) is 0. The molecule has 1 saturated heterocycles. The van der Waals surface area contributed by atoms with Gasteiger partial charge >= 0.3 is 0 Å². The monoisotopic (exact) mass is 236 g/mol. The van der Waals surface area contributed by atoms with Gasteiger partial charge in [0.1, 0.15) is 0 Å². The number of nitrogens with one attached hydrogen (secondary N) is 1. The molecule has 2 aliphatic rings. The summed E-state index contributed by atoms with van der Waals surface area (Å²) in [5.74, 6) is 0.677. The van der Waals surface area contributed by atoms with E-state index in [1.807, 2.05) is 11.3 Å². The van der Waals surface area contributed by atoms with E-state index < -0.39 is 0 Å². The number of piperidine rings is 1. The van der Waals surface area contributed by atoms with Gasteiger partial charge in [-0.15, -0.1) is 11.3 Å². The fourth-order valence-corrected chi connectivity index (χ4v) is 4.03. The van der Waals surface area contributed by atoms with Gasteiger partial charge < -0.3 is 5.32 Å². The van der Waals surface area contributed by atoms with Crippen LogP contribution in [0.1, 0.15) is 54.8 Å². The van der Waals surface area contributed by atoms with E-state index in [4.69, 9.17) is 0 Å². The van der Waals surface area contributed by atoms with Crippen molar-refractivity contribution >= 4 is 11.3 Å². The van der Waals surface area contributed by atoms with E-state index in [2.05, 4.69) is 23.4 Å². The van der Waals surface area contributed by atoms with Gasteiger partial charge in [-0.2, -0.15) is 0 Å². The molecule has 1 aliphatic carbocycles. The standard InChI is InChI=1S/C13H20N2S/c1-13(5-3-6-13)11-9-15-12(16-11)10-4-2-7-14-8-10/h9-10,14H,2-8H2,1H3. The molecular formula is C13H20N2S. The zero-order valence-corrected chi connectivity index (χ0v) is 10.8. The molecule has 1 saturated carbocycles. The average molecular weight is 236 g/mol. The van der Waals surface area contributed by atoms with Gasteiger partial charge in [-0.05, 0) is 32.2 Å². The van der Waals surface area contributed by atoms with E-state index in [9.17, 15) is 0 Å². The van der Waals surface area contributed by atoms with Gasteiger partial charge in [0.2, 0.25) is 0 Å². The lowest BCUT2D eigenvalue weighted by Gasteiger charge is -2.37. The highest BCUT2D eigenvalue weighted by atomic mass is 32.1. The second-order valence-corrected chi connectivity index (χ2v) is 6.58. The largest absolute Gasteiger partial charge is 0.316 e. The predicted molar refractivity (Wildman–Crippen MR) is 68.2 cm³/mol. The molecule has 2 nitrogen and oxygen atoms in total. The maximum Gasteiger partial charge on any atom is 0.0971 e. The molecule has 16 heavy (non-hydrogen) atoms. The molecule has 3 heteroatoms. The maximum absolute atomic E-state index is 4.67. The minimum absolute atomic E-state index is 0.470. The lowest BCUT2D eigenvalue weighted by Crippen LogP contribution is -2.29. The maximum atomic E-state index is 4.67. The third-order valence-corrected chi connectivity index (χ3v) is 5.69. The van der Waals surface area contributed by atoms with Gasteiger partial charge in [0, 0.05) is 29.0 Å². The van der Waals surface area contributed by atoms with E-state index in [1.165, 1.54) is 48.5 Å². The normalized spacial score (nSPS) is 28.7. The summed E-state index contributed by atoms with van der Waals surface area (Å²) in [4.78, 5) is 6.19. The fraction of sp³-hybridized carbons (Fsp3) is 0.769. The zero-order valence-electron chi connectivity index (χ0n) is 9.96. The van der Waals surface area contributed by atoms with Crippen LogP contribution in [0, 0.1) is 0 Å². The number of aromatic nitrogens is 1. The molecule has 3 rings (SSSR count). The average Bonchev–Trinajstić information content (AvgIpc) is 2.77. The van der Waals surface area contributed by atoms with Crippen LogP contribution in [0.15, 0.2) is 6.20 Å². The van der Waals surface area contributed by atoms with Crippen LogP contribution in [-0.4, -0.2) is 18.1 Å². The molecule has 1 aromatic heterocycles. The van der Waals surface area contributed by atoms with Crippen molar-refractivity contribution in [2.24, 2.45) is 0 Å². The Bertz CT molecular complexity index is 362. The van der Waals surface area contributed by atoms with Crippen LogP contribution < -0.4 is 5.32 Å². The molecule has 1 atom stereocenters. The van der Waals surface area contributed by atoms with Crippen molar-refractivity contribution in [3.05, 3.63) is 16.1 Å². The van der Waals surface area contributed by atoms with E-state index in [-0.39, 0.29) is 0 Å². The van der Waals surface area contributed by atoms with E-state index in [0.717, 1.165) is 6.54 Å². The minimum atomic E-state index is 0.470. The second-order valence-electron chi connectivity index (χ2n) is 5.52. The summed E-state index contributed by atoms with van der Waals surface area (Å²) in [6.07, 6.45) is 8.88. The molecule has 1 unspecified atom stereocenters. The number of hydrogen-bond acceptors (Lipinski definition) is 3. The van der Waals surface area contributed by atoms with Crippen LogP contribution in [-0.2, 0) is 5.41 Å². The van der Waals surface area contributed by atoms with E-state index in [1.54, 1.807) is 0 Å². The highest BCUT2D eigenvalue weighted by Crippen LogP contribution is 2.46. The van der Waals surface area contributed by atoms with E-state index in [0.29, 0.717) is 11.3 Å². The first-order chi connectivity index (χ1) is 7.78. The lowest BCUT2D eigenvalue weighted by atomic mass is 9.70. The number of nitrogens with zero attached hydrogens (tertiary/aromatic N) is 1. The predicted octanol–water partition coefficient (Wildman–Crippen LogP) is 3.05. The molecule has 2 heterocycles. The van der Waals surface area contributed by atoms with Crippen LogP contribution in [0.5, 0.6) is 0 Å². The Morgan fingerprint density at radius 3 is 2.94 bits per heavy atom. The third kappa shape index (κ3) is 1.80. The van der Waals surface area contributed by atoms with Crippen molar-refractivity contribution in [3.63, 3.8) is 0 Å². The summed E-state index contributed by atoms with van der Waals surface area (Å²) in [6, 6.07) is 0. The summed E-state index contributed by atoms with van der Waals surface area (Å²) >= 11 is 1.97. The molecular weight excluding hydrogens is 216 g/mol. The van der Waals surface area contributed by atoms with Gasteiger partial charge in [-0.3, -0.25) is 0 Å². The molecule has 1 N–H and O–H groups in total. The Labute approximate surface area is 101 Å². The van der Waals surface area contributed by atoms with Crippen molar-refractivity contribution in [3.8, 4) is 0 Å². The van der Waals surface area contributed by atoms with Gasteiger partial charge in [-0.1, -0.05) is 13.3 Å².